The van der Waals surface area contributed by atoms with Crippen LogP contribution >= 0.6 is 0 Å². The molecule has 1 N–H and O–H groups in total. The van der Waals surface area contributed by atoms with Gasteiger partial charge in [-0.15, -0.1) is 5.10 Å². The predicted molar refractivity (Wildman–Crippen MR) is 69.8 cm³/mol. The number of nitrogens with one attached hydrogen (secondary N) is 1. The summed E-state index contributed by atoms with van der Waals surface area (Å²) < 4.78 is 5.37. The topological polar surface area (TPSA) is 94.1 Å². The molecule has 1 heterocycles. The summed E-state index contributed by atoms with van der Waals surface area (Å²) in [6.45, 7) is 2.81. The summed E-state index contributed by atoms with van der Waals surface area (Å²) in [7, 11) is 0. The number of nitro groups is 1. The van der Waals surface area contributed by atoms with Gasteiger partial charge in [-0.1, -0.05) is 30.6 Å². The van der Waals surface area contributed by atoms with Gasteiger partial charge < -0.3 is 9.73 Å². The molecule has 2 rings (SSSR count). The molecule has 0 unspecified atom stereocenters. The summed E-state index contributed by atoms with van der Waals surface area (Å²) in [5.74, 6) is 0.145. The Hall–Kier alpha value is -2.44. The van der Waals surface area contributed by atoms with Crippen molar-refractivity contribution in [3.05, 3.63) is 34.4 Å². The van der Waals surface area contributed by atoms with E-state index in [0.717, 1.165) is 19.4 Å². The third-order valence-electron chi connectivity index (χ3n) is 2.56. The zero-order valence-electron chi connectivity index (χ0n) is 10.5. The summed E-state index contributed by atoms with van der Waals surface area (Å²) in [5.41, 5.74) is 0.273. The zero-order valence-corrected chi connectivity index (χ0v) is 10.5. The molecule has 0 bridgehead atoms. The number of rotatable bonds is 6. The summed E-state index contributed by atoms with van der Waals surface area (Å²) in [6.07, 6.45) is 2.04. The minimum absolute atomic E-state index is 0.0498. The Bertz CT molecular complexity index is 568. The molecule has 0 amide bonds. The van der Waals surface area contributed by atoms with E-state index in [1.54, 1.807) is 18.2 Å². The highest BCUT2D eigenvalue weighted by molar-refractivity contribution is 5.66. The predicted octanol–water partition coefficient (Wildman–Crippen LogP) is 2.86. The zero-order chi connectivity index (χ0) is 13.7. The average Bonchev–Trinajstić information content (AvgIpc) is 2.88. The lowest BCUT2D eigenvalue weighted by Crippen LogP contribution is -2.00. The van der Waals surface area contributed by atoms with Crippen LogP contribution in [0.5, 0.6) is 0 Å². The maximum atomic E-state index is 10.9. The summed E-state index contributed by atoms with van der Waals surface area (Å²) >= 11 is 0. The van der Waals surface area contributed by atoms with Gasteiger partial charge in [-0.3, -0.25) is 10.1 Å². The van der Waals surface area contributed by atoms with Crippen LogP contribution in [0, 0.1) is 10.1 Å². The molecule has 19 heavy (non-hydrogen) atoms. The van der Waals surface area contributed by atoms with Crippen LogP contribution < -0.4 is 5.32 Å². The van der Waals surface area contributed by atoms with Crippen molar-refractivity contribution in [3.8, 4) is 11.5 Å². The van der Waals surface area contributed by atoms with Crippen LogP contribution in [-0.4, -0.2) is 21.7 Å². The SMILES string of the molecule is CCCCNc1nnc(-c2ccccc2[N+](=O)[O-])o1. The Morgan fingerprint density at radius 1 is 1.37 bits per heavy atom. The third kappa shape index (κ3) is 3.06. The second kappa shape index (κ2) is 5.94. The molecule has 0 aliphatic rings. The first-order chi connectivity index (χ1) is 9.22. The van der Waals surface area contributed by atoms with Crippen LogP contribution in [0.4, 0.5) is 11.7 Å². The Kier molecular flexibility index (Phi) is 4.07. The van der Waals surface area contributed by atoms with Crippen molar-refractivity contribution in [2.75, 3.05) is 11.9 Å². The largest absolute Gasteiger partial charge is 0.403 e. The number of hydrogen-bond donors (Lipinski definition) is 1. The fraction of sp³-hybridized carbons (Fsp3) is 0.333. The Labute approximate surface area is 109 Å². The van der Waals surface area contributed by atoms with Gasteiger partial charge in [0.1, 0.15) is 5.56 Å². The van der Waals surface area contributed by atoms with E-state index in [1.807, 2.05) is 0 Å². The highest BCUT2D eigenvalue weighted by Crippen LogP contribution is 2.29. The number of nitrogens with zero attached hydrogens (tertiary/aromatic N) is 3. The molecule has 1 aromatic carbocycles. The molecule has 2 aromatic rings. The molecule has 100 valence electrons. The van der Waals surface area contributed by atoms with Crippen LogP contribution in [0.15, 0.2) is 28.7 Å². The molecule has 0 aliphatic heterocycles. The number of benzene rings is 1. The van der Waals surface area contributed by atoms with E-state index in [1.165, 1.54) is 6.07 Å². The van der Waals surface area contributed by atoms with E-state index in [-0.39, 0.29) is 17.6 Å². The lowest BCUT2D eigenvalue weighted by molar-refractivity contribution is -0.384. The van der Waals surface area contributed by atoms with Crippen molar-refractivity contribution in [1.82, 2.24) is 10.2 Å². The normalized spacial score (nSPS) is 10.4. The standard InChI is InChI=1S/C12H14N4O3/c1-2-3-8-13-12-15-14-11(19-12)9-6-4-5-7-10(9)16(17)18/h4-7H,2-3,8H2,1H3,(H,13,15). The molecular weight excluding hydrogens is 248 g/mol. The number of unbranched alkanes of at least 4 members (excludes halogenated alkanes) is 1. The minimum atomic E-state index is -0.469. The van der Waals surface area contributed by atoms with Gasteiger partial charge in [0.2, 0.25) is 0 Å². The minimum Gasteiger partial charge on any atom is -0.403 e. The maximum absolute atomic E-state index is 10.9. The molecule has 0 aliphatic carbocycles. The van der Waals surface area contributed by atoms with Crippen molar-refractivity contribution in [2.24, 2.45) is 0 Å². The maximum Gasteiger partial charge on any atom is 0.315 e. The lowest BCUT2D eigenvalue weighted by atomic mass is 10.2. The van der Waals surface area contributed by atoms with Crippen molar-refractivity contribution in [3.63, 3.8) is 0 Å². The van der Waals surface area contributed by atoms with Crippen LogP contribution in [0.3, 0.4) is 0 Å². The van der Waals surface area contributed by atoms with E-state index < -0.39 is 4.92 Å². The quantitative estimate of drug-likeness (QED) is 0.488. The Morgan fingerprint density at radius 3 is 2.89 bits per heavy atom. The lowest BCUT2D eigenvalue weighted by Gasteiger charge is -1.98. The molecule has 0 atom stereocenters. The first-order valence-corrected chi connectivity index (χ1v) is 6.03. The number of nitro benzene ring substituents is 1. The van der Waals surface area contributed by atoms with E-state index in [0.29, 0.717) is 5.56 Å². The molecular formula is C12H14N4O3. The number of para-hydroxylation sites is 1. The Morgan fingerprint density at radius 2 is 2.16 bits per heavy atom. The molecule has 1 aromatic heterocycles. The van der Waals surface area contributed by atoms with Crippen LogP contribution in [0.25, 0.3) is 11.5 Å². The molecule has 0 fully saturated rings. The van der Waals surface area contributed by atoms with Gasteiger partial charge in [-0.05, 0) is 12.5 Å². The Balaban J connectivity index is 2.21. The first-order valence-electron chi connectivity index (χ1n) is 6.03. The van der Waals surface area contributed by atoms with Crippen molar-refractivity contribution in [2.45, 2.75) is 19.8 Å². The van der Waals surface area contributed by atoms with Crippen LogP contribution in [-0.2, 0) is 0 Å². The summed E-state index contributed by atoms with van der Waals surface area (Å²) in [4.78, 5) is 10.4. The van der Waals surface area contributed by atoms with Gasteiger partial charge in [-0.2, -0.15) is 0 Å². The highest BCUT2D eigenvalue weighted by Gasteiger charge is 2.19. The number of aromatic nitrogens is 2. The molecule has 0 radical (unpaired) electrons. The highest BCUT2D eigenvalue weighted by atomic mass is 16.6. The van der Waals surface area contributed by atoms with Crippen LogP contribution in [0.1, 0.15) is 19.8 Å². The van der Waals surface area contributed by atoms with E-state index >= 15 is 0 Å². The molecule has 0 spiro atoms. The molecule has 7 heteroatoms. The third-order valence-corrected chi connectivity index (χ3v) is 2.56. The summed E-state index contributed by atoms with van der Waals surface area (Å²) in [5, 5.41) is 21.5. The van der Waals surface area contributed by atoms with Crippen molar-refractivity contribution < 1.29 is 9.34 Å². The summed E-state index contributed by atoms with van der Waals surface area (Å²) in [6, 6.07) is 6.56. The van der Waals surface area contributed by atoms with E-state index in [4.69, 9.17) is 4.42 Å². The van der Waals surface area contributed by atoms with Gasteiger partial charge in [0.25, 0.3) is 11.6 Å². The van der Waals surface area contributed by atoms with Gasteiger partial charge in [-0.25, -0.2) is 0 Å². The monoisotopic (exact) mass is 262 g/mol. The fourth-order valence-electron chi connectivity index (χ4n) is 1.59. The van der Waals surface area contributed by atoms with E-state index in [9.17, 15) is 10.1 Å². The average molecular weight is 262 g/mol. The number of anilines is 1. The second-order valence-corrected chi connectivity index (χ2v) is 3.97. The van der Waals surface area contributed by atoms with Crippen molar-refractivity contribution >= 4 is 11.7 Å². The van der Waals surface area contributed by atoms with Gasteiger partial charge in [0.05, 0.1) is 4.92 Å². The second-order valence-electron chi connectivity index (χ2n) is 3.97. The smallest absolute Gasteiger partial charge is 0.315 e. The van der Waals surface area contributed by atoms with Gasteiger partial charge >= 0.3 is 6.01 Å². The van der Waals surface area contributed by atoms with E-state index in [2.05, 4.69) is 22.4 Å². The molecule has 0 saturated carbocycles. The molecule has 7 nitrogen and oxygen atoms in total. The first kappa shape index (κ1) is 13.0. The fourth-order valence-corrected chi connectivity index (χ4v) is 1.59. The van der Waals surface area contributed by atoms with Crippen molar-refractivity contribution in [1.29, 1.82) is 0 Å². The molecule has 0 saturated heterocycles. The van der Waals surface area contributed by atoms with Gasteiger partial charge in [0, 0.05) is 12.6 Å². The number of hydrogen-bond acceptors (Lipinski definition) is 6. The van der Waals surface area contributed by atoms with Gasteiger partial charge in [0.15, 0.2) is 0 Å². The van der Waals surface area contributed by atoms with Crippen LogP contribution in [0.2, 0.25) is 0 Å².